The van der Waals surface area contributed by atoms with Crippen LogP contribution in [0.3, 0.4) is 0 Å². The van der Waals surface area contributed by atoms with Gasteiger partial charge in [0.05, 0.1) is 47.3 Å². The van der Waals surface area contributed by atoms with E-state index in [1.807, 2.05) is 97.1 Å². The van der Waals surface area contributed by atoms with Crippen LogP contribution in [0.15, 0.2) is 187 Å². The molecule has 0 N–H and O–H groups in total. The van der Waals surface area contributed by atoms with Crippen LogP contribution < -0.4 is 42.1 Å². The maximum absolute atomic E-state index is 13.3. The molecule has 0 bridgehead atoms. The first-order valence-corrected chi connectivity index (χ1v) is 42.9. The maximum atomic E-state index is 13.3. The number of fused-ring (bicyclic) bond motifs is 10. The van der Waals surface area contributed by atoms with Crippen LogP contribution in [0, 0.1) is 27.7 Å². The highest BCUT2D eigenvalue weighted by molar-refractivity contribution is 7.22. The molecule has 0 aliphatic carbocycles. The van der Waals surface area contributed by atoms with Gasteiger partial charge in [0, 0.05) is 120 Å². The van der Waals surface area contributed by atoms with E-state index >= 15 is 0 Å². The number of hydrogen-bond donors (Lipinski definition) is 0. The Morgan fingerprint density at radius 3 is 1.23 bits per heavy atom. The molecule has 0 unspecified atom stereocenters. The number of rotatable bonds is 10. The smallest absolute Gasteiger partial charge is 0.349 e. The van der Waals surface area contributed by atoms with E-state index in [0.717, 1.165) is 174 Å². The molecule has 12 heterocycles. The Bertz CT molecular complexity index is 6830. The van der Waals surface area contributed by atoms with Crippen molar-refractivity contribution in [2.45, 2.75) is 158 Å². The van der Waals surface area contributed by atoms with Gasteiger partial charge in [-0.3, -0.25) is 0 Å². The van der Waals surface area contributed by atoms with Crippen LogP contribution in [0.5, 0.6) is 0 Å². The third-order valence-electron chi connectivity index (χ3n) is 24.3. The lowest BCUT2D eigenvalue weighted by atomic mass is 9.69. The number of nitrogens with zero attached hydrogens (tertiary/aromatic N) is 8. The molecule has 17 nitrogen and oxygen atoms in total. The van der Waals surface area contributed by atoms with Crippen LogP contribution in [0.2, 0.25) is 0 Å². The lowest BCUT2D eigenvalue weighted by molar-refractivity contribution is 0.398. The summed E-state index contributed by atoms with van der Waals surface area (Å²) >= 11 is 4.65. The molecule has 116 heavy (non-hydrogen) atoms. The molecule has 20 heteroatoms. The van der Waals surface area contributed by atoms with Crippen LogP contribution in [-0.2, 0) is 21.7 Å². The minimum absolute atomic E-state index is 0.0408. The van der Waals surface area contributed by atoms with Crippen molar-refractivity contribution in [3.63, 3.8) is 0 Å². The molecular formula is C96H96N8O9S3. The highest BCUT2D eigenvalue weighted by Gasteiger charge is 2.44. The Balaban J connectivity index is 0.000000112. The van der Waals surface area contributed by atoms with Gasteiger partial charge in [-0.15, -0.1) is 34.0 Å². The third-order valence-corrected chi connectivity index (χ3v) is 27.5. The quantitative estimate of drug-likeness (QED) is 0.117. The number of hydrogen-bond acceptors (Lipinski definition) is 20. The van der Waals surface area contributed by atoms with Crippen molar-refractivity contribution >= 4 is 142 Å². The predicted molar refractivity (Wildman–Crippen MR) is 480 cm³/mol. The minimum Gasteiger partial charge on any atom is -0.436 e. The zero-order chi connectivity index (χ0) is 81.3. The summed E-state index contributed by atoms with van der Waals surface area (Å²) in [6.45, 7) is 43.0. The molecule has 0 amide bonds. The van der Waals surface area contributed by atoms with Gasteiger partial charge in [-0.1, -0.05) is 91.8 Å². The molecule has 0 fully saturated rings. The molecule has 8 aromatic carbocycles. The van der Waals surface area contributed by atoms with Crippen molar-refractivity contribution in [3.8, 4) is 43.2 Å². The standard InChI is InChI=1S/C28H30N2O2S.C26H26N2O2S.C22H22N2O2S.C20H18N2O3/c1-15-11-16(2)22-20(12-15)33-25(29-22)18-13-17-14-19-23-21(24(17)32-26(18)31)28(5,6)8-10-30(23)9-7-27(19,3)4;1-25(2)9-11-28-12-10-26(3,4)20-21(28)17(25)14-15-13-16(24(29)30-22(15)20)23-27-18-7-5-6-8-19(18)31-23;1-5-24(6-2)16-8-7-15-11-17(22(25)26-18(15)12-16)21-23-20-14(4)9-13(3)10-19(20)27-21;1-3-22(4-2)14-10-9-13-11-15(20(23)25-18(13)12-14)19-21-16-7-5-6-8-17(16)24-19/h11-14H,7-10H2,1-6H3;5-8,13-14H,9-12H2,1-4H3;7-12H,5-6H2,1-4H3;5-12H,3-4H2,1-2H3. The average Bonchev–Trinajstić information content (AvgIpc) is 0.827. The van der Waals surface area contributed by atoms with E-state index in [4.69, 9.17) is 37.0 Å². The monoisotopic (exact) mass is 1600 g/mol. The largest absolute Gasteiger partial charge is 0.436 e. The minimum atomic E-state index is -0.448. The molecule has 16 aromatic rings. The number of benzene rings is 8. The number of aromatic nitrogens is 4. The summed E-state index contributed by atoms with van der Waals surface area (Å²) in [5, 5.41) is 5.94. The van der Waals surface area contributed by atoms with E-state index in [9.17, 15) is 19.2 Å². The van der Waals surface area contributed by atoms with Gasteiger partial charge in [0.1, 0.15) is 48.4 Å². The summed E-state index contributed by atoms with van der Waals surface area (Å²) in [4.78, 5) is 79.7. The van der Waals surface area contributed by atoms with E-state index in [0.29, 0.717) is 49.5 Å². The van der Waals surface area contributed by atoms with Gasteiger partial charge in [0.25, 0.3) is 0 Å². The van der Waals surface area contributed by atoms with Crippen molar-refractivity contribution in [2.24, 2.45) is 0 Å². The number of aryl methyl sites for hydroxylation is 4. The molecule has 4 aliphatic rings. The van der Waals surface area contributed by atoms with Crippen molar-refractivity contribution in [3.05, 3.63) is 232 Å². The number of oxazole rings is 1. The van der Waals surface area contributed by atoms with Crippen molar-refractivity contribution < 1.29 is 22.1 Å². The molecule has 0 spiro atoms. The van der Waals surface area contributed by atoms with Gasteiger partial charge in [0.2, 0.25) is 5.89 Å². The molecule has 0 radical (unpaired) electrons. The van der Waals surface area contributed by atoms with Gasteiger partial charge in [-0.2, -0.15) is 0 Å². The van der Waals surface area contributed by atoms with E-state index < -0.39 is 5.63 Å². The number of thiazole rings is 3. The fourth-order valence-electron chi connectivity index (χ4n) is 17.6. The number of para-hydroxylation sites is 3. The molecule has 20 rings (SSSR count). The van der Waals surface area contributed by atoms with E-state index in [1.165, 1.54) is 56.1 Å². The van der Waals surface area contributed by atoms with Gasteiger partial charge in [-0.25, -0.2) is 39.1 Å². The zero-order valence-electron chi connectivity index (χ0n) is 68.8. The Hall–Kier alpha value is -11.1. The summed E-state index contributed by atoms with van der Waals surface area (Å²) in [5.41, 5.74) is 22.1. The summed E-state index contributed by atoms with van der Waals surface area (Å²) in [6.07, 6.45) is 4.38. The first-order valence-electron chi connectivity index (χ1n) is 40.4. The van der Waals surface area contributed by atoms with Crippen molar-refractivity contribution in [1.82, 2.24) is 19.9 Å². The van der Waals surface area contributed by atoms with Crippen LogP contribution in [0.1, 0.15) is 153 Å². The molecular weight excluding hydrogens is 1510 g/mol. The fraction of sp³-hybridized carbons (Fsp3) is 0.333. The van der Waals surface area contributed by atoms with Gasteiger partial charge >= 0.3 is 22.5 Å². The van der Waals surface area contributed by atoms with Gasteiger partial charge in [-0.05, 0) is 233 Å². The topological polar surface area (TPSA) is 198 Å². The zero-order valence-corrected chi connectivity index (χ0v) is 71.3. The fourth-order valence-corrected chi connectivity index (χ4v) is 20.9. The van der Waals surface area contributed by atoms with E-state index in [2.05, 4.69) is 178 Å². The highest BCUT2D eigenvalue weighted by Crippen LogP contribution is 2.54. The van der Waals surface area contributed by atoms with Crippen LogP contribution in [0.4, 0.5) is 22.7 Å². The predicted octanol–water partition coefficient (Wildman–Crippen LogP) is 23.1. The Kier molecular flexibility index (Phi) is 19.8. The Morgan fingerprint density at radius 1 is 0.379 bits per heavy atom. The molecule has 0 saturated heterocycles. The van der Waals surface area contributed by atoms with Crippen LogP contribution in [-0.4, -0.2) is 72.3 Å². The molecule has 0 atom stereocenters. The van der Waals surface area contributed by atoms with E-state index in [-0.39, 0.29) is 44.4 Å². The second-order valence-corrected chi connectivity index (χ2v) is 37.2. The summed E-state index contributed by atoms with van der Waals surface area (Å²) in [7, 11) is 0. The summed E-state index contributed by atoms with van der Waals surface area (Å²) in [5.74, 6) is 0.282. The van der Waals surface area contributed by atoms with Gasteiger partial charge < -0.3 is 41.7 Å². The van der Waals surface area contributed by atoms with Crippen LogP contribution in [0.25, 0.3) is 129 Å². The summed E-state index contributed by atoms with van der Waals surface area (Å²) in [6, 6.07) is 48.1. The van der Waals surface area contributed by atoms with Gasteiger partial charge in [0.15, 0.2) is 5.58 Å². The lowest BCUT2D eigenvalue weighted by Crippen LogP contribution is -2.44. The summed E-state index contributed by atoms with van der Waals surface area (Å²) < 4.78 is 32.4. The Morgan fingerprint density at radius 2 is 0.776 bits per heavy atom. The van der Waals surface area contributed by atoms with Crippen molar-refractivity contribution in [1.29, 1.82) is 0 Å². The SMILES string of the molecule is CC1(C)CCN2CCC(C)(C)c3c2c1cc1cc(-c2nc4ccccc4s2)c(=O)oc31.CCN(CC)c1ccc2cc(-c3nc4c(C)cc(C)cc4s3)c(=O)oc2c1.CCN(CC)c1ccc2cc(-c3nc4ccccc4o3)c(=O)oc2c1.Cc1cc(C)c2nc(-c3cc4cc5c6c(c4oc3=O)C(C)(C)CCN6CCC5(C)C)sc2c1. The number of anilines is 4. The van der Waals surface area contributed by atoms with Crippen molar-refractivity contribution in [2.75, 3.05) is 72.0 Å². The molecule has 0 saturated carbocycles. The first kappa shape index (κ1) is 77.5. The first-order chi connectivity index (χ1) is 55.5. The normalized spacial score (nSPS) is 15.5. The molecule has 592 valence electrons. The van der Waals surface area contributed by atoms with Crippen LogP contribution >= 0.6 is 34.0 Å². The third kappa shape index (κ3) is 13.9. The lowest BCUT2D eigenvalue weighted by Gasteiger charge is -2.48. The molecule has 4 aliphatic heterocycles. The Labute approximate surface area is 684 Å². The highest BCUT2D eigenvalue weighted by atomic mass is 32.1. The second-order valence-electron chi connectivity index (χ2n) is 34.1. The second kappa shape index (κ2) is 29.6. The molecule has 8 aromatic heterocycles. The van der Waals surface area contributed by atoms with E-state index in [1.54, 1.807) is 28.7 Å². The average molecular weight is 1600 g/mol. The maximum Gasteiger partial charge on any atom is 0.349 e.